The van der Waals surface area contributed by atoms with Gasteiger partial charge < -0.3 is 19.6 Å². The molecule has 0 fully saturated rings. The largest absolute Gasteiger partial charge is 0.468 e. The van der Waals surface area contributed by atoms with E-state index in [2.05, 4.69) is 44.1 Å². The molecule has 1 atom stereocenters. The maximum atomic E-state index is 5.59. The molecule has 0 saturated heterocycles. The summed E-state index contributed by atoms with van der Waals surface area (Å²) in [5.74, 6) is 2.64. The number of nitrogens with one attached hydrogen (secondary N) is 2. The van der Waals surface area contributed by atoms with E-state index in [4.69, 9.17) is 9.41 Å². The van der Waals surface area contributed by atoms with Crippen molar-refractivity contribution in [3.63, 3.8) is 0 Å². The summed E-state index contributed by atoms with van der Waals surface area (Å²) in [7, 11) is 6.09. The van der Waals surface area contributed by atoms with Crippen LogP contribution in [0.2, 0.25) is 0 Å². The second-order valence-corrected chi connectivity index (χ2v) is 7.16. The number of rotatable bonds is 8. The minimum absolute atomic E-state index is 0.0837. The Labute approximate surface area is 172 Å². The van der Waals surface area contributed by atoms with Crippen LogP contribution in [0.4, 0.5) is 0 Å². The number of H-pyrrole nitrogens is 1. The van der Waals surface area contributed by atoms with Gasteiger partial charge in [-0.25, -0.2) is 4.98 Å². The minimum Gasteiger partial charge on any atom is -0.468 e. The van der Waals surface area contributed by atoms with E-state index >= 15 is 0 Å². The number of aromatic nitrogens is 2. The number of benzene rings is 1. The average molecular weight is 395 g/mol. The van der Waals surface area contributed by atoms with Gasteiger partial charge in [-0.3, -0.25) is 9.89 Å². The second-order valence-electron chi connectivity index (χ2n) is 7.16. The molecule has 1 unspecified atom stereocenters. The van der Waals surface area contributed by atoms with Gasteiger partial charge in [0.1, 0.15) is 11.6 Å². The van der Waals surface area contributed by atoms with E-state index in [9.17, 15) is 0 Å². The molecule has 0 aliphatic carbocycles. The van der Waals surface area contributed by atoms with E-state index in [-0.39, 0.29) is 6.04 Å². The number of aromatic amines is 1. The molecule has 1 aromatic carbocycles. The number of guanidine groups is 1. The van der Waals surface area contributed by atoms with Crippen molar-refractivity contribution in [2.75, 3.05) is 34.2 Å². The SMILES string of the molecule is CCNC(=NCC(c1ccco1)N(C)C)N(C)Cc1ncc(-c2ccccc2)[nH]1. The fourth-order valence-corrected chi connectivity index (χ4v) is 3.14. The summed E-state index contributed by atoms with van der Waals surface area (Å²) in [6.07, 6.45) is 3.58. The van der Waals surface area contributed by atoms with E-state index in [1.54, 1.807) is 6.26 Å². The zero-order chi connectivity index (χ0) is 20.6. The first-order valence-electron chi connectivity index (χ1n) is 9.87. The number of likely N-dealkylation sites (N-methyl/N-ethyl adjacent to an activating group) is 1. The van der Waals surface area contributed by atoms with Crippen LogP contribution in [0, 0.1) is 0 Å². The molecule has 0 aliphatic rings. The van der Waals surface area contributed by atoms with Crippen LogP contribution in [-0.2, 0) is 6.54 Å². The molecule has 2 aromatic heterocycles. The highest BCUT2D eigenvalue weighted by Gasteiger charge is 2.18. The van der Waals surface area contributed by atoms with E-state index in [1.165, 1.54) is 0 Å². The molecule has 3 rings (SSSR count). The average Bonchev–Trinajstić information content (AvgIpc) is 3.40. The fourth-order valence-electron chi connectivity index (χ4n) is 3.14. The third-order valence-electron chi connectivity index (χ3n) is 4.71. The first kappa shape index (κ1) is 20.7. The number of hydrogen-bond donors (Lipinski definition) is 2. The summed E-state index contributed by atoms with van der Waals surface area (Å²) in [5, 5.41) is 3.37. The molecule has 2 heterocycles. The van der Waals surface area contributed by atoms with Gasteiger partial charge in [0, 0.05) is 13.6 Å². The molecular formula is C22H30N6O. The number of aliphatic imine (C=N–C) groups is 1. The molecule has 7 nitrogen and oxygen atoms in total. The number of nitrogens with zero attached hydrogens (tertiary/aromatic N) is 4. The van der Waals surface area contributed by atoms with Crippen LogP contribution in [0.1, 0.15) is 24.6 Å². The predicted octanol–water partition coefficient (Wildman–Crippen LogP) is 3.37. The Hall–Kier alpha value is -3.06. The maximum Gasteiger partial charge on any atom is 0.194 e. The molecule has 0 saturated carbocycles. The summed E-state index contributed by atoms with van der Waals surface area (Å²) in [4.78, 5) is 17.0. The normalized spacial score (nSPS) is 12.9. The molecule has 154 valence electrons. The molecule has 0 radical (unpaired) electrons. The van der Waals surface area contributed by atoms with Crippen LogP contribution >= 0.6 is 0 Å². The zero-order valence-corrected chi connectivity index (χ0v) is 17.6. The van der Waals surface area contributed by atoms with Crippen LogP contribution in [0.5, 0.6) is 0 Å². The van der Waals surface area contributed by atoms with Crippen molar-refractivity contribution in [3.05, 3.63) is 66.5 Å². The number of furan rings is 1. The number of imidazole rings is 1. The Balaban J connectivity index is 1.70. The lowest BCUT2D eigenvalue weighted by Crippen LogP contribution is -2.39. The van der Waals surface area contributed by atoms with Crippen molar-refractivity contribution < 1.29 is 4.42 Å². The van der Waals surface area contributed by atoms with Crippen molar-refractivity contribution in [2.45, 2.75) is 19.5 Å². The van der Waals surface area contributed by atoms with E-state index < -0.39 is 0 Å². The highest BCUT2D eigenvalue weighted by atomic mass is 16.3. The molecule has 3 aromatic rings. The van der Waals surface area contributed by atoms with Gasteiger partial charge in [-0.05, 0) is 38.7 Å². The quantitative estimate of drug-likeness (QED) is 0.453. The van der Waals surface area contributed by atoms with E-state index in [0.29, 0.717) is 13.1 Å². The van der Waals surface area contributed by atoms with Crippen LogP contribution in [0.3, 0.4) is 0 Å². The summed E-state index contributed by atoms with van der Waals surface area (Å²) in [5.41, 5.74) is 2.14. The summed E-state index contributed by atoms with van der Waals surface area (Å²) in [6.45, 7) is 4.09. The maximum absolute atomic E-state index is 5.59. The van der Waals surface area contributed by atoms with Gasteiger partial charge in [-0.1, -0.05) is 30.3 Å². The van der Waals surface area contributed by atoms with Crippen molar-refractivity contribution in [2.24, 2.45) is 4.99 Å². The lowest BCUT2D eigenvalue weighted by Gasteiger charge is -2.24. The summed E-state index contributed by atoms with van der Waals surface area (Å²) in [6, 6.07) is 14.2. The molecule has 0 aliphatic heterocycles. The van der Waals surface area contributed by atoms with Gasteiger partial charge in [-0.15, -0.1) is 0 Å². The van der Waals surface area contributed by atoms with Crippen molar-refractivity contribution in [3.8, 4) is 11.3 Å². The standard InChI is InChI=1S/C22H30N6O/c1-5-23-22(25-15-19(27(2)3)20-12-9-13-29-20)28(4)16-21-24-14-18(26-21)17-10-7-6-8-11-17/h6-14,19H,5,15-16H2,1-4H3,(H,23,25)(H,24,26). The molecular weight excluding hydrogens is 364 g/mol. The van der Waals surface area contributed by atoms with Crippen molar-refractivity contribution in [1.29, 1.82) is 0 Å². The summed E-state index contributed by atoms with van der Waals surface area (Å²) < 4.78 is 5.59. The Kier molecular flexibility index (Phi) is 7.08. The Morgan fingerprint density at radius 3 is 2.62 bits per heavy atom. The van der Waals surface area contributed by atoms with Gasteiger partial charge in [-0.2, -0.15) is 0 Å². The van der Waals surface area contributed by atoms with Crippen LogP contribution < -0.4 is 5.32 Å². The smallest absolute Gasteiger partial charge is 0.194 e. The molecule has 29 heavy (non-hydrogen) atoms. The molecule has 0 amide bonds. The highest BCUT2D eigenvalue weighted by Crippen LogP contribution is 2.19. The first-order chi connectivity index (χ1) is 14.1. The fraction of sp³-hybridized carbons (Fsp3) is 0.364. The van der Waals surface area contributed by atoms with Crippen LogP contribution in [0.25, 0.3) is 11.3 Å². The minimum atomic E-state index is 0.0837. The van der Waals surface area contributed by atoms with Gasteiger partial charge in [0.05, 0.1) is 37.3 Å². The van der Waals surface area contributed by atoms with Gasteiger partial charge in [0.15, 0.2) is 5.96 Å². The lowest BCUT2D eigenvalue weighted by atomic mass is 10.2. The molecule has 2 N–H and O–H groups in total. The topological polar surface area (TPSA) is 72.7 Å². The lowest BCUT2D eigenvalue weighted by molar-refractivity contribution is 0.264. The van der Waals surface area contributed by atoms with E-state index in [0.717, 1.165) is 35.3 Å². The third-order valence-corrected chi connectivity index (χ3v) is 4.71. The second kappa shape index (κ2) is 9.93. The van der Waals surface area contributed by atoms with Gasteiger partial charge in [0.25, 0.3) is 0 Å². The first-order valence-corrected chi connectivity index (χ1v) is 9.87. The Bertz CT molecular complexity index is 885. The van der Waals surface area contributed by atoms with Gasteiger partial charge in [0.2, 0.25) is 0 Å². The van der Waals surface area contributed by atoms with Crippen molar-refractivity contribution in [1.82, 2.24) is 25.1 Å². The molecule has 0 spiro atoms. The highest BCUT2D eigenvalue weighted by molar-refractivity contribution is 5.79. The zero-order valence-electron chi connectivity index (χ0n) is 17.6. The predicted molar refractivity (Wildman–Crippen MR) is 117 cm³/mol. The Morgan fingerprint density at radius 2 is 1.97 bits per heavy atom. The molecule has 7 heteroatoms. The van der Waals surface area contributed by atoms with Crippen LogP contribution in [0.15, 0.2) is 64.3 Å². The Morgan fingerprint density at radius 1 is 1.17 bits per heavy atom. The summed E-state index contributed by atoms with van der Waals surface area (Å²) >= 11 is 0. The van der Waals surface area contributed by atoms with Gasteiger partial charge >= 0.3 is 0 Å². The molecule has 0 bridgehead atoms. The monoisotopic (exact) mass is 394 g/mol. The van der Waals surface area contributed by atoms with E-state index in [1.807, 2.05) is 57.7 Å². The third kappa shape index (κ3) is 5.48. The van der Waals surface area contributed by atoms with Crippen molar-refractivity contribution >= 4 is 5.96 Å². The van der Waals surface area contributed by atoms with Crippen LogP contribution in [-0.4, -0.2) is 60.0 Å². The number of hydrogen-bond acceptors (Lipinski definition) is 4.